The molecule has 0 fully saturated rings. The van der Waals surface area contributed by atoms with Crippen LogP contribution in [-0.4, -0.2) is 21.4 Å². The maximum atomic E-state index is 9.26. The van der Waals surface area contributed by atoms with Gasteiger partial charge in [-0.05, 0) is 23.8 Å². The predicted molar refractivity (Wildman–Crippen MR) is 67.5 cm³/mol. The lowest BCUT2D eigenvalue weighted by molar-refractivity contribution is 0.403. The van der Waals surface area contributed by atoms with Crippen LogP contribution < -0.4 is 11.2 Å². The summed E-state index contributed by atoms with van der Waals surface area (Å²) in [6, 6.07) is 4.41. The predicted octanol–water partition coefficient (Wildman–Crippen LogP) is 1.58. The second-order valence-electron chi connectivity index (χ2n) is 3.20. The maximum absolute atomic E-state index is 9.26. The number of phenols is 2. The molecule has 0 saturated carbocycles. The minimum Gasteiger partial charge on any atom is -0.504 e. The van der Waals surface area contributed by atoms with Gasteiger partial charge in [0.1, 0.15) is 5.82 Å². The van der Waals surface area contributed by atoms with E-state index in [4.69, 9.17) is 10.8 Å². The molecule has 0 saturated heterocycles. The Morgan fingerprint density at radius 1 is 1.35 bits per heavy atom. The lowest BCUT2D eigenvalue weighted by Gasteiger charge is -1.98. The molecular formula is C10H10N4O2S. The van der Waals surface area contributed by atoms with Crippen molar-refractivity contribution in [2.24, 2.45) is 5.10 Å². The molecule has 2 aromatic rings. The smallest absolute Gasteiger partial charge is 0.205 e. The maximum Gasteiger partial charge on any atom is 0.205 e. The average Bonchev–Trinajstić information content (AvgIpc) is 2.70. The molecule has 0 aliphatic rings. The first-order valence-corrected chi connectivity index (χ1v) is 5.55. The van der Waals surface area contributed by atoms with E-state index in [-0.39, 0.29) is 11.5 Å². The first kappa shape index (κ1) is 11.2. The van der Waals surface area contributed by atoms with Crippen LogP contribution in [0, 0.1) is 0 Å². The van der Waals surface area contributed by atoms with E-state index < -0.39 is 0 Å². The zero-order chi connectivity index (χ0) is 12.3. The zero-order valence-corrected chi connectivity index (χ0v) is 9.48. The Morgan fingerprint density at radius 2 is 2.18 bits per heavy atom. The number of nitrogen functional groups attached to an aromatic ring is 1. The Balaban J connectivity index is 2.03. The van der Waals surface area contributed by atoms with Crippen LogP contribution >= 0.6 is 11.3 Å². The topological polar surface area (TPSA) is 104 Å². The van der Waals surface area contributed by atoms with Gasteiger partial charge in [0.2, 0.25) is 5.13 Å². The molecule has 0 radical (unpaired) electrons. The van der Waals surface area contributed by atoms with Gasteiger partial charge in [0, 0.05) is 5.38 Å². The van der Waals surface area contributed by atoms with Crippen molar-refractivity contribution < 1.29 is 10.2 Å². The van der Waals surface area contributed by atoms with E-state index in [1.807, 2.05) is 0 Å². The second-order valence-corrected chi connectivity index (χ2v) is 4.05. The molecule has 0 bridgehead atoms. The van der Waals surface area contributed by atoms with Gasteiger partial charge in [-0.3, -0.25) is 5.43 Å². The largest absolute Gasteiger partial charge is 0.504 e. The molecule has 1 heterocycles. The molecule has 6 nitrogen and oxygen atoms in total. The number of hydrazone groups is 1. The molecule has 1 aromatic carbocycles. The molecule has 0 atom stereocenters. The van der Waals surface area contributed by atoms with Crippen LogP contribution in [0.5, 0.6) is 11.5 Å². The van der Waals surface area contributed by atoms with Gasteiger partial charge in [-0.15, -0.1) is 11.3 Å². The van der Waals surface area contributed by atoms with Gasteiger partial charge in [-0.2, -0.15) is 5.10 Å². The molecule has 0 spiro atoms. The van der Waals surface area contributed by atoms with Crippen molar-refractivity contribution in [1.82, 2.24) is 4.98 Å². The molecule has 0 aliphatic carbocycles. The number of benzene rings is 1. The zero-order valence-electron chi connectivity index (χ0n) is 8.66. The lowest BCUT2D eigenvalue weighted by Crippen LogP contribution is -1.91. The molecule has 0 unspecified atom stereocenters. The number of hydrogen-bond acceptors (Lipinski definition) is 7. The Bertz CT molecular complexity index is 553. The standard InChI is InChI=1S/C10H10N4O2S/c11-9-5-17-10(13-9)14-12-4-6-1-2-7(15)8(16)3-6/h1-5,15-16H,11H2,(H,13,14). The highest BCUT2D eigenvalue weighted by Crippen LogP contribution is 2.24. The van der Waals surface area contributed by atoms with E-state index in [1.54, 1.807) is 11.4 Å². The molecular weight excluding hydrogens is 240 g/mol. The number of anilines is 2. The van der Waals surface area contributed by atoms with Gasteiger partial charge >= 0.3 is 0 Å². The molecule has 7 heteroatoms. The number of nitrogens with one attached hydrogen (secondary N) is 1. The summed E-state index contributed by atoms with van der Waals surface area (Å²) in [4.78, 5) is 3.96. The van der Waals surface area contributed by atoms with Gasteiger partial charge in [0.25, 0.3) is 0 Å². The Hall–Kier alpha value is -2.28. The fraction of sp³-hybridized carbons (Fsp3) is 0. The lowest BCUT2D eigenvalue weighted by atomic mass is 10.2. The summed E-state index contributed by atoms with van der Waals surface area (Å²) in [6.45, 7) is 0. The number of aromatic nitrogens is 1. The number of hydrogen-bond donors (Lipinski definition) is 4. The number of aromatic hydroxyl groups is 2. The SMILES string of the molecule is Nc1csc(NN=Cc2ccc(O)c(O)c2)n1. The summed E-state index contributed by atoms with van der Waals surface area (Å²) in [7, 11) is 0. The third kappa shape index (κ3) is 2.85. The molecule has 5 N–H and O–H groups in total. The molecule has 0 amide bonds. The normalized spacial score (nSPS) is 10.8. The van der Waals surface area contributed by atoms with Crippen LogP contribution in [0.3, 0.4) is 0 Å². The van der Waals surface area contributed by atoms with Crippen molar-refractivity contribution in [3.8, 4) is 11.5 Å². The van der Waals surface area contributed by atoms with Crippen LogP contribution in [0.2, 0.25) is 0 Å². The fourth-order valence-electron chi connectivity index (χ4n) is 1.12. The second kappa shape index (κ2) is 4.71. The molecule has 2 rings (SSSR count). The first-order valence-electron chi connectivity index (χ1n) is 4.67. The number of thiazole rings is 1. The Kier molecular flexibility index (Phi) is 3.10. The van der Waals surface area contributed by atoms with Crippen LogP contribution in [0.4, 0.5) is 10.9 Å². The van der Waals surface area contributed by atoms with E-state index in [9.17, 15) is 5.11 Å². The van der Waals surface area contributed by atoms with Crippen molar-refractivity contribution in [1.29, 1.82) is 0 Å². The van der Waals surface area contributed by atoms with Crippen molar-refractivity contribution in [3.63, 3.8) is 0 Å². The fourth-order valence-corrected chi connectivity index (χ4v) is 1.67. The van der Waals surface area contributed by atoms with Crippen molar-refractivity contribution in [3.05, 3.63) is 29.1 Å². The van der Waals surface area contributed by atoms with E-state index >= 15 is 0 Å². The number of nitrogens with two attached hydrogens (primary N) is 1. The minimum absolute atomic E-state index is 0.164. The van der Waals surface area contributed by atoms with E-state index in [2.05, 4.69) is 15.5 Å². The monoisotopic (exact) mass is 250 g/mol. The number of phenolic OH excluding ortho intramolecular Hbond substituents is 2. The van der Waals surface area contributed by atoms with Crippen molar-refractivity contribution in [2.75, 3.05) is 11.2 Å². The molecule has 1 aromatic heterocycles. The summed E-state index contributed by atoms with van der Waals surface area (Å²) in [5.74, 6) is 0.0882. The highest BCUT2D eigenvalue weighted by atomic mass is 32.1. The highest BCUT2D eigenvalue weighted by molar-refractivity contribution is 7.14. The van der Waals surface area contributed by atoms with Crippen LogP contribution in [0.15, 0.2) is 28.7 Å². The van der Waals surface area contributed by atoms with Crippen molar-refractivity contribution >= 4 is 28.5 Å². The summed E-state index contributed by atoms with van der Waals surface area (Å²) in [6.07, 6.45) is 1.50. The summed E-state index contributed by atoms with van der Waals surface area (Å²) in [5.41, 5.74) is 8.80. The molecule has 17 heavy (non-hydrogen) atoms. The summed E-state index contributed by atoms with van der Waals surface area (Å²) in [5, 5.41) is 24.6. The molecule has 0 aliphatic heterocycles. The van der Waals surface area contributed by atoms with Gasteiger partial charge in [-0.1, -0.05) is 0 Å². The van der Waals surface area contributed by atoms with Gasteiger partial charge in [0.15, 0.2) is 11.5 Å². The average molecular weight is 250 g/mol. The Labute approximate surface area is 101 Å². The summed E-state index contributed by atoms with van der Waals surface area (Å²) < 4.78 is 0. The van der Waals surface area contributed by atoms with Crippen molar-refractivity contribution in [2.45, 2.75) is 0 Å². The van der Waals surface area contributed by atoms with E-state index in [0.29, 0.717) is 16.5 Å². The van der Waals surface area contributed by atoms with Crippen LogP contribution in [-0.2, 0) is 0 Å². The van der Waals surface area contributed by atoms with Gasteiger partial charge < -0.3 is 15.9 Å². The minimum atomic E-state index is -0.188. The van der Waals surface area contributed by atoms with Gasteiger partial charge in [-0.25, -0.2) is 4.98 Å². The van der Waals surface area contributed by atoms with Crippen LogP contribution in [0.25, 0.3) is 0 Å². The van der Waals surface area contributed by atoms with Gasteiger partial charge in [0.05, 0.1) is 6.21 Å². The third-order valence-corrected chi connectivity index (χ3v) is 2.66. The van der Waals surface area contributed by atoms with E-state index in [0.717, 1.165) is 0 Å². The first-order chi connectivity index (χ1) is 8.15. The third-order valence-electron chi connectivity index (χ3n) is 1.90. The Morgan fingerprint density at radius 3 is 2.82 bits per heavy atom. The highest BCUT2D eigenvalue weighted by Gasteiger charge is 1.98. The number of rotatable bonds is 3. The number of nitrogens with zero attached hydrogens (tertiary/aromatic N) is 2. The van der Waals surface area contributed by atoms with E-state index in [1.165, 1.54) is 29.7 Å². The quantitative estimate of drug-likeness (QED) is 0.376. The summed E-state index contributed by atoms with van der Waals surface area (Å²) >= 11 is 1.34. The molecule has 88 valence electrons. The van der Waals surface area contributed by atoms with Crippen LogP contribution in [0.1, 0.15) is 5.56 Å².